The summed E-state index contributed by atoms with van der Waals surface area (Å²) >= 11 is 0. The number of fused-ring (bicyclic) bond motifs is 1. The van der Waals surface area contributed by atoms with Crippen molar-refractivity contribution in [1.82, 2.24) is 4.90 Å². The number of benzene rings is 1. The van der Waals surface area contributed by atoms with Gasteiger partial charge in [-0.3, -0.25) is 9.69 Å². The van der Waals surface area contributed by atoms with Crippen LogP contribution >= 0.6 is 0 Å². The molecule has 1 N–H and O–H groups in total. The lowest BCUT2D eigenvalue weighted by Gasteiger charge is -2.33. The highest BCUT2D eigenvalue weighted by molar-refractivity contribution is 5.79. The number of aliphatic carboxylic acids is 1. The van der Waals surface area contributed by atoms with Gasteiger partial charge < -0.3 is 14.3 Å². The van der Waals surface area contributed by atoms with Crippen LogP contribution in [-0.2, 0) is 11.3 Å². The average molecular weight is 303 g/mol. The standard InChI is InChI=1S/C17H21NO4/c1-11-5-13(17(19)20)9-18(8-11)10-15-7-12-6-14(21-2)3-4-16(12)22-15/h3-4,6-7,11,13H,5,8-10H2,1-2H3,(H,19,20). The molecule has 2 heterocycles. The summed E-state index contributed by atoms with van der Waals surface area (Å²) in [4.78, 5) is 13.4. The largest absolute Gasteiger partial charge is 0.497 e. The zero-order chi connectivity index (χ0) is 15.7. The number of likely N-dealkylation sites (tertiary alicyclic amines) is 1. The summed E-state index contributed by atoms with van der Waals surface area (Å²) < 4.78 is 11.1. The summed E-state index contributed by atoms with van der Waals surface area (Å²) in [6.07, 6.45) is 0.753. The van der Waals surface area contributed by atoms with Gasteiger partial charge in [0.25, 0.3) is 0 Å². The van der Waals surface area contributed by atoms with E-state index in [4.69, 9.17) is 9.15 Å². The molecule has 1 aromatic carbocycles. The third-order valence-electron chi connectivity index (χ3n) is 4.24. The van der Waals surface area contributed by atoms with Gasteiger partial charge in [0.05, 0.1) is 19.6 Å². The monoisotopic (exact) mass is 303 g/mol. The lowest BCUT2D eigenvalue weighted by atomic mass is 9.90. The molecule has 5 heteroatoms. The number of furan rings is 1. The number of piperidine rings is 1. The van der Waals surface area contributed by atoms with E-state index in [9.17, 15) is 9.90 Å². The number of ether oxygens (including phenoxy) is 1. The second-order valence-electron chi connectivity index (χ2n) is 6.19. The number of carboxylic acids is 1. The van der Waals surface area contributed by atoms with E-state index in [1.165, 1.54) is 0 Å². The molecule has 1 aromatic heterocycles. The van der Waals surface area contributed by atoms with Crippen LogP contribution in [0.4, 0.5) is 0 Å². The van der Waals surface area contributed by atoms with E-state index in [0.717, 1.165) is 35.4 Å². The first-order valence-corrected chi connectivity index (χ1v) is 7.56. The molecule has 5 nitrogen and oxygen atoms in total. The second-order valence-corrected chi connectivity index (χ2v) is 6.19. The molecule has 0 bridgehead atoms. The predicted molar refractivity (Wildman–Crippen MR) is 82.9 cm³/mol. The van der Waals surface area contributed by atoms with Gasteiger partial charge in [0.1, 0.15) is 17.1 Å². The fraction of sp³-hybridized carbons (Fsp3) is 0.471. The lowest BCUT2D eigenvalue weighted by molar-refractivity contribution is -0.144. The quantitative estimate of drug-likeness (QED) is 0.940. The summed E-state index contributed by atoms with van der Waals surface area (Å²) in [6.45, 7) is 4.24. The van der Waals surface area contributed by atoms with Crippen molar-refractivity contribution in [2.75, 3.05) is 20.2 Å². The Kier molecular flexibility index (Phi) is 4.07. The second kappa shape index (κ2) is 6.01. The van der Waals surface area contributed by atoms with E-state index in [1.54, 1.807) is 7.11 Å². The number of rotatable bonds is 4. The summed E-state index contributed by atoms with van der Waals surface area (Å²) in [7, 11) is 1.64. The van der Waals surface area contributed by atoms with Gasteiger partial charge in [-0.15, -0.1) is 0 Å². The SMILES string of the molecule is COc1ccc2oc(CN3CC(C)CC(C(=O)O)C3)cc2c1. The summed E-state index contributed by atoms with van der Waals surface area (Å²) in [5.74, 6) is 1.07. The number of hydrogen-bond donors (Lipinski definition) is 1. The maximum atomic E-state index is 11.2. The minimum absolute atomic E-state index is 0.284. The average Bonchev–Trinajstić information content (AvgIpc) is 2.87. The Morgan fingerprint density at radius 2 is 2.23 bits per heavy atom. The Hall–Kier alpha value is -2.01. The molecule has 0 spiro atoms. The molecule has 2 atom stereocenters. The van der Waals surface area contributed by atoms with Gasteiger partial charge in [0.15, 0.2) is 0 Å². The third kappa shape index (κ3) is 3.09. The molecule has 3 rings (SSSR count). The zero-order valence-electron chi connectivity index (χ0n) is 12.9. The topological polar surface area (TPSA) is 62.9 Å². The van der Waals surface area contributed by atoms with Crippen LogP contribution in [0.3, 0.4) is 0 Å². The fourth-order valence-electron chi connectivity index (χ4n) is 3.27. The maximum absolute atomic E-state index is 11.2. The van der Waals surface area contributed by atoms with Gasteiger partial charge >= 0.3 is 5.97 Å². The Labute approximate surface area is 129 Å². The molecule has 118 valence electrons. The van der Waals surface area contributed by atoms with E-state index in [-0.39, 0.29) is 5.92 Å². The first kappa shape index (κ1) is 14.9. The molecule has 0 aliphatic carbocycles. The van der Waals surface area contributed by atoms with Crippen LogP contribution < -0.4 is 4.74 Å². The van der Waals surface area contributed by atoms with Crippen molar-refractivity contribution < 1.29 is 19.1 Å². The third-order valence-corrected chi connectivity index (χ3v) is 4.24. The smallest absolute Gasteiger partial charge is 0.307 e. The van der Waals surface area contributed by atoms with Crippen LogP contribution in [0.25, 0.3) is 11.0 Å². The Bertz CT molecular complexity index is 678. The van der Waals surface area contributed by atoms with Gasteiger partial charge in [-0.1, -0.05) is 6.92 Å². The summed E-state index contributed by atoms with van der Waals surface area (Å²) in [5.41, 5.74) is 0.829. The van der Waals surface area contributed by atoms with E-state index in [2.05, 4.69) is 11.8 Å². The van der Waals surface area contributed by atoms with Crippen LogP contribution in [0.2, 0.25) is 0 Å². The molecule has 1 aliphatic heterocycles. The van der Waals surface area contributed by atoms with E-state index in [1.807, 2.05) is 24.3 Å². The van der Waals surface area contributed by atoms with Crippen molar-refractivity contribution in [1.29, 1.82) is 0 Å². The number of nitrogens with zero attached hydrogens (tertiary/aromatic N) is 1. The Balaban J connectivity index is 1.76. The van der Waals surface area contributed by atoms with Gasteiger partial charge in [0.2, 0.25) is 0 Å². The molecule has 1 saturated heterocycles. The molecule has 0 saturated carbocycles. The normalized spacial score (nSPS) is 22.8. The molecular formula is C17H21NO4. The van der Waals surface area contributed by atoms with Crippen molar-refractivity contribution >= 4 is 16.9 Å². The Morgan fingerprint density at radius 1 is 1.41 bits per heavy atom. The van der Waals surface area contributed by atoms with Crippen LogP contribution in [0.5, 0.6) is 5.75 Å². The highest BCUT2D eigenvalue weighted by Gasteiger charge is 2.29. The van der Waals surface area contributed by atoms with E-state index < -0.39 is 5.97 Å². The van der Waals surface area contributed by atoms with Crippen molar-refractivity contribution in [3.63, 3.8) is 0 Å². The number of carboxylic acid groups (broad SMARTS) is 1. The number of carbonyl (C=O) groups is 1. The highest BCUT2D eigenvalue weighted by Crippen LogP contribution is 2.27. The van der Waals surface area contributed by atoms with Crippen LogP contribution in [-0.4, -0.2) is 36.2 Å². The van der Waals surface area contributed by atoms with Gasteiger partial charge in [0, 0.05) is 18.5 Å². The number of methoxy groups -OCH3 is 1. The first-order chi connectivity index (χ1) is 10.5. The highest BCUT2D eigenvalue weighted by atomic mass is 16.5. The van der Waals surface area contributed by atoms with Crippen LogP contribution in [0.1, 0.15) is 19.1 Å². The molecule has 2 unspecified atom stereocenters. The molecule has 2 aromatic rings. The molecule has 0 amide bonds. The van der Waals surface area contributed by atoms with Gasteiger partial charge in [-0.05, 0) is 36.6 Å². The van der Waals surface area contributed by atoms with Crippen molar-refractivity contribution in [2.24, 2.45) is 11.8 Å². The summed E-state index contributed by atoms with van der Waals surface area (Å²) in [5, 5.41) is 10.3. The fourth-order valence-corrected chi connectivity index (χ4v) is 3.27. The first-order valence-electron chi connectivity index (χ1n) is 7.56. The minimum Gasteiger partial charge on any atom is -0.497 e. The molecular weight excluding hydrogens is 282 g/mol. The van der Waals surface area contributed by atoms with Crippen LogP contribution in [0, 0.1) is 11.8 Å². The molecule has 1 aliphatic rings. The predicted octanol–water partition coefficient (Wildman–Crippen LogP) is 2.98. The van der Waals surface area contributed by atoms with Gasteiger partial charge in [-0.2, -0.15) is 0 Å². The maximum Gasteiger partial charge on any atom is 0.307 e. The lowest BCUT2D eigenvalue weighted by Crippen LogP contribution is -2.41. The minimum atomic E-state index is -0.703. The molecule has 1 fully saturated rings. The number of hydrogen-bond acceptors (Lipinski definition) is 4. The summed E-state index contributed by atoms with van der Waals surface area (Å²) in [6, 6.07) is 7.73. The molecule has 0 radical (unpaired) electrons. The van der Waals surface area contributed by atoms with E-state index >= 15 is 0 Å². The molecule has 22 heavy (non-hydrogen) atoms. The van der Waals surface area contributed by atoms with Crippen molar-refractivity contribution in [3.8, 4) is 5.75 Å². The van der Waals surface area contributed by atoms with E-state index in [0.29, 0.717) is 19.0 Å². The van der Waals surface area contributed by atoms with Crippen molar-refractivity contribution in [2.45, 2.75) is 19.9 Å². The van der Waals surface area contributed by atoms with Gasteiger partial charge in [-0.25, -0.2) is 0 Å². The van der Waals surface area contributed by atoms with Crippen molar-refractivity contribution in [3.05, 3.63) is 30.0 Å². The zero-order valence-corrected chi connectivity index (χ0v) is 12.9. The van der Waals surface area contributed by atoms with Crippen LogP contribution in [0.15, 0.2) is 28.7 Å². The Morgan fingerprint density at radius 3 is 2.95 bits per heavy atom.